The lowest BCUT2D eigenvalue weighted by Crippen LogP contribution is -2.41. The van der Waals surface area contributed by atoms with Crippen LogP contribution in [0.5, 0.6) is 0 Å². The van der Waals surface area contributed by atoms with Crippen LogP contribution in [0.4, 0.5) is 8.78 Å². The van der Waals surface area contributed by atoms with Gasteiger partial charge in [-0.25, -0.2) is 13.8 Å². The molecule has 6 nitrogen and oxygen atoms in total. The average Bonchev–Trinajstić information content (AvgIpc) is 3.26. The number of carbonyl (C=O) groups excluding carboxylic acids is 1. The summed E-state index contributed by atoms with van der Waals surface area (Å²) < 4.78 is 32.9. The van der Waals surface area contributed by atoms with Gasteiger partial charge >= 0.3 is 0 Å². The lowest BCUT2D eigenvalue weighted by molar-refractivity contribution is -0.146. The number of rotatable bonds is 4. The van der Waals surface area contributed by atoms with Crippen LogP contribution >= 0.6 is 0 Å². The highest BCUT2D eigenvalue weighted by Gasteiger charge is 2.46. The fourth-order valence-electron chi connectivity index (χ4n) is 3.41. The van der Waals surface area contributed by atoms with Gasteiger partial charge in [0.05, 0.1) is 5.92 Å². The number of carbonyl (C=O) groups is 1. The van der Waals surface area contributed by atoms with Crippen LogP contribution in [-0.4, -0.2) is 58.1 Å². The fraction of sp³-hybridized carbons (Fsp3) is 0.733. The Balaban J connectivity index is 1.69. The van der Waals surface area contributed by atoms with E-state index < -0.39 is 30.5 Å². The number of alkyl halides is 2. The summed E-state index contributed by atoms with van der Waals surface area (Å²) in [4.78, 5) is 21.4. The molecule has 2 fully saturated rings. The molecule has 0 spiro atoms. The van der Waals surface area contributed by atoms with Gasteiger partial charge in [0.15, 0.2) is 0 Å². The number of imidazole rings is 1. The Morgan fingerprint density at radius 1 is 1.52 bits per heavy atom. The van der Waals surface area contributed by atoms with Gasteiger partial charge in [-0.05, 0) is 19.3 Å². The number of ether oxygens (including phenoxy) is 1. The van der Waals surface area contributed by atoms with E-state index in [9.17, 15) is 13.6 Å². The Kier molecular flexibility index (Phi) is 4.63. The van der Waals surface area contributed by atoms with Crippen LogP contribution in [0.15, 0.2) is 12.4 Å². The van der Waals surface area contributed by atoms with Crippen molar-refractivity contribution in [1.82, 2.24) is 14.9 Å². The third kappa shape index (κ3) is 3.23. The highest BCUT2D eigenvalue weighted by Crippen LogP contribution is 2.37. The zero-order valence-electron chi connectivity index (χ0n) is 12.8. The number of amides is 1. The van der Waals surface area contributed by atoms with Crippen molar-refractivity contribution in [2.75, 3.05) is 26.3 Å². The molecule has 0 radical (unpaired) electrons. The summed E-state index contributed by atoms with van der Waals surface area (Å²) in [5.41, 5.74) is 0. The van der Waals surface area contributed by atoms with Crippen molar-refractivity contribution in [3.8, 4) is 0 Å². The van der Waals surface area contributed by atoms with Crippen molar-refractivity contribution in [3.05, 3.63) is 18.2 Å². The average molecular weight is 329 g/mol. The standard InChI is InChI=1S/C15H21F2N3O3/c16-15(17,9-21)10-3-6-20(8-10)14(22)11-2-1-7-23-12(11)13-18-4-5-19-13/h4-5,10-12,21H,1-3,6-9H2,(H,18,19)/t10?,11-,12-/m1/s1. The molecule has 2 aliphatic rings. The summed E-state index contributed by atoms with van der Waals surface area (Å²) >= 11 is 0. The van der Waals surface area contributed by atoms with E-state index in [0.29, 0.717) is 25.4 Å². The van der Waals surface area contributed by atoms with E-state index in [0.717, 1.165) is 6.42 Å². The van der Waals surface area contributed by atoms with Gasteiger partial charge in [0.1, 0.15) is 18.5 Å². The summed E-state index contributed by atoms with van der Waals surface area (Å²) in [6.45, 7) is -0.351. The zero-order valence-corrected chi connectivity index (χ0v) is 12.8. The van der Waals surface area contributed by atoms with Crippen molar-refractivity contribution >= 4 is 5.91 Å². The number of halogens is 2. The Labute approximate surface area is 132 Å². The van der Waals surface area contributed by atoms with E-state index >= 15 is 0 Å². The van der Waals surface area contributed by atoms with E-state index in [4.69, 9.17) is 9.84 Å². The summed E-state index contributed by atoms with van der Waals surface area (Å²) in [6, 6.07) is 0. The molecule has 3 atom stereocenters. The molecule has 0 aliphatic carbocycles. The number of nitrogens with one attached hydrogen (secondary N) is 1. The molecule has 2 aliphatic heterocycles. The highest BCUT2D eigenvalue weighted by atomic mass is 19.3. The van der Waals surface area contributed by atoms with Gasteiger partial charge in [0, 0.05) is 38.0 Å². The van der Waals surface area contributed by atoms with Gasteiger partial charge in [-0.2, -0.15) is 0 Å². The molecule has 1 aromatic heterocycles. The molecule has 8 heteroatoms. The Hall–Kier alpha value is -1.54. The number of hydrogen-bond acceptors (Lipinski definition) is 4. The van der Waals surface area contributed by atoms with Crippen molar-refractivity contribution in [2.45, 2.75) is 31.3 Å². The smallest absolute Gasteiger partial charge is 0.275 e. The fourth-order valence-corrected chi connectivity index (χ4v) is 3.41. The number of likely N-dealkylation sites (tertiary alicyclic amines) is 1. The predicted molar refractivity (Wildman–Crippen MR) is 76.7 cm³/mol. The first-order valence-corrected chi connectivity index (χ1v) is 7.91. The van der Waals surface area contributed by atoms with Crippen LogP contribution < -0.4 is 0 Å². The molecule has 1 unspecified atom stereocenters. The van der Waals surface area contributed by atoms with Crippen LogP contribution in [-0.2, 0) is 9.53 Å². The maximum atomic E-state index is 13.6. The number of hydrogen-bond donors (Lipinski definition) is 2. The number of nitrogens with zero attached hydrogens (tertiary/aromatic N) is 2. The van der Waals surface area contributed by atoms with E-state index in [1.807, 2.05) is 0 Å². The largest absolute Gasteiger partial charge is 0.390 e. The predicted octanol–water partition coefficient (Wildman–Crippen LogP) is 1.35. The van der Waals surface area contributed by atoms with Crippen molar-refractivity contribution in [3.63, 3.8) is 0 Å². The summed E-state index contributed by atoms with van der Waals surface area (Å²) in [5.74, 6) is -4.10. The van der Waals surface area contributed by atoms with Crippen molar-refractivity contribution in [1.29, 1.82) is 0 Å². The summed E-state index contributed by atoms with van der Waals surface area (Å²) in [5, 5.41) is 8.81. The number of H-pyrrole nitrogens is 1. The first kappa shape index (κ1) is 16.3. The van der Waals surface area contributed by atoms with Crippen LogP contribution in [0.25, 0.3) is 0 Å². The van der Waals surface area contributed by atoms with E-state index in [1.165, 1.54) is 4.90 Å². The maximum absolute atomic E-state index is 13.6. The van der Waals surface area contributed by atoms with Crippen LogP contribution in [0, 0.1) is 11.8 Å². The molecule has 3 rings (SSSR count). The van der Waals surface area contributed by atoms with E-state index in [-0.39, 0.29) is 18.9 Å². The summed E-state index contributed by atoms with van der Waals surface area (Å²) in [7, 11) is 0. The Bertz CT molecular complexity index is 538. The van der Waals surface area contributed by atoms with Gasteiger partial charge < -0.3 is 19.7 Å². The van der Waals surface area contributed by atoms with Crippen LogP contribution in [0.3, 0.4) is 0 Å². The van der Waals surface area contributed by atoms with Gasteiger partial charge in [0.2, 0.25) is 5.91 Å². The van der Waals surface area contributed by atoms with E-state index in [1.54, 1.807) is 12.4 Å². The zero-order chi connectivity index (χ0) is 16.4. The molecule has 1 amide bonds. The highest BCUT2D eigenvalue weighted by molar-refractivity contribution is 5.80. The molecular weight excluding hydrogens is 308 g/mol. The Morgan fingerprint density at radius 2 is 2.35 bits per heavy atom. The van der Waals surface area contributed by atoms with Crippen molar-refractivity contribution < 1.29 is 23.4 Å². The second kappa shape index (κ2) is 6.52. The van der Waals surface area contributed by atoms with E-state index in [2.05, 4.69) is 9.97 Å². The van der Waals surface area contributed by atoms with Gasteiger partial charge in [-0.15, -0.1) is 0 Å². The summed E-state index contributed by atoms with van der Waals surface area (Å²) in [6.07, 6.45) is 4.44. The second-order valence-electron chi connectivity index (χ2n) is 6.20. The minimum absolute atomic E-state index is 0.0201. The molecule has 0 bridgehead atoms. The molecule has 23 heavy (non-hydrogen) atoms. The minimum atomic E-state index is -3.14. The number of aliphatic hydroxyl groups is 1. The molecule has 3 heterocycles. The molecule has 128 valence electrons. The molecule has 2 saturated heterocycles. The van der Waals surface area contributed by atoms with Crippen LogP contribution in [0.1, 0.15) is 31.2 Å². The van der Waals surface area contributed by atoms with Crippen molar-refractivity contribution in [2.24, 2.45) is 11.8 Å². The number of aromatic nitrogens is 2. The van der Waals surface area contributed by atoms with Gasteiger partial charge in [-0.1, -0.05) is 0 Å². The monoisotopic (exact) mass is 329 g/mol. The quantitative estimate of drug-likeness (QED) is 0.874. The lowest BCUT2D eigenvalue weighted by Gasteiger charge is -2.32. The third-order valence-electron chi connectivity index (χ3n) is 4.74. The molecule has 2 N–H and O–H groups in total. The minimum Gasteiger partial charge on any atom is -0.390 e. The normalized spacial score (nSPS) is 29.0. The first-order chi connectivity index (χ1) is 11.0. The second-order valence-corrected chi connectivity index (χ2v) is 6.20. The first-order valence-electron chi connectivity index (χ1n) is 7.91. The third-order valence-corrected chi connectivity index (χ3v) is 4.74. The number of aliphatic hydroxyl groups excluding tert-OH is 1. The maximum Gasteiger partial charge on any atom is 0.275 e. The number of aromatic amines is 1. The molecule has 1 aromatic rings. The molecule has 0 aromatic carbocycles. The Morgan fingerprint density at radius 3 is 3.04 bits per heavy atom. The van der Waals surface area contributed by atoms with Gasteiger partial charge in [0.25, 0.3) is 5.92 Å². The van der Waals surface area contributed by atoms with Crippen LogP contribution in [0.2, 0.25) is 0 Å². The molecule has 0 saturated carbocycles. The lowest BCUT2D eigenvalue weighted by atomic mass is 9.92. The SMILES string of the molecule is O=C([C@@H]1CCCO[C@H]1c1ncc[nH]1)N1CCC(C(F)(F)CO)C1. The molecular formula is C15H21F2N3O3. The van der Waals surface area contributed by atoms with Gasteiger partial charge in [-0.3, -0.25) is 4.79 Å². The topological polar surface area (TPSA) is 78.5 Å².